The lowest BCUT2D eigenvalue weighted by atomic mass is 10.2. The van der Waals surface area contributed by atoms with Crippen molar-refractivity contribution in [1.82, 2.24) is 9.69 Å². The lowest BCUT2D eigenvalue weighted by Gasteiger charge is -2.25. The minimum Gasteiger partial charge on any atom is -0.289 e. The molecule has 1 heterocycles. The summed E-state index contributed by atoms with van der Waals surface area (Å²) in [4.78, 5) is 23.9. The van der Waals surface area contributed by atoms with Gasteiger partial charge in [0, 0.05) is 24.6 Å². The van der Waals surface area contributed by atoms with E-state index in [1.807, 2.05) is 6.07 Å². The largest absolute Gasteiger partial charge is 0.289 e. The summed E-state index contributed by atoms with van der Waals surface area (Å²) in [6.45, 7) is 1.69. The third-order valence-corrected chi connectivity index (χ3v) is 3.67. The Kier molecular flexibility index (Phi) is 4.29. The molecule has 0 spiro atoms. The Morgan fingerprint density at radius 2 is 1.83 bits per heavy atom. The molecular formula is C18H16FN3O2. The van der Waals surface area contributed by atoms with Crippen LogP contribution in [0.2, 0.25) is 0 Å². The molecule has 5 nitrogen and oxygen atoms in total. The highest BCUT2D eigenvalue weighted by atomic mass is 19.1. The molecule has 1 amide bonds. The Morgan fingerprint density at radius 1 is 1.12 bits per heavy atom. The number of halogens is 1. The first kappa shape index (κ1) is 15.7. The quantitative estimate of drug-likeness (QED) is 0.750. The molecule has 0 aliphatic rings. The van der Waals surface area contributed by atoms with E-state index in [-0.39, 0.29) is 23.7 Å². The van der Waals surface area contributed by atoms with Gasteiger partial charge in [0.1, 0.15) is 5.82 Å². The maximum Gasteiger partial charge on any atom is 0.239 e. The second-order valence-corrected chi connectivity index (χ2v) is 5.40. The molecule has 0 bridgehead atoms. The van der Waals surface area contributed by atoms with E-state index < -0.39 is 0 Å². The van der Waals surface area contributed by atoms with Gasteiger partial charge in [0.15, 0.2) is 5.43 Å². The number of nitrogens with one attached hydrogen (secondary N) is 1. The fourth-order valence-electron chi connectivity index (χ4n) is 2.41. The highest BCUT2D eigenvalue weighted by molar-refractivity contribution is 5.79. The number of hydrogen-bond acceptors (Lipinski definition) is 3. The van der Waals surface area contributed by atoms with Gasteiger partial charge in [0.2, 0.25) is 5.91 Å². The molecule has 0 aliphatic carbocycles. The van der Waals surface area contributed by atoms with Crippen molar-refractivity contribution in [3.8, 4) is 0 Å². The molecule has 0 unspecified atom stereocenters. The number of pyridine rings is 1. The number of amides is 1. The van der Waals surface area contributed by atoms with Crippen LogP contribution in [0.5, 0.6) is 0 Å². The number of carbonyl (C=O) groups is 1. The van der Waals surface area contributed by atoms with E-state index in [2.05, 4.69) is 5.53 Å². The van der Waals surface area contributed by atoms with Crippen molar-refractivity contribution in [1.29, 1.82) is 0 Å². The first-order chi connectivity index (χ1) is 11.5. The molecule has 24 heavy (non-hydrogen) atoms. The number of para-hydroxylation sites is 1. The molecule has 0 aliphatic heterocycles. The van der Waals surface area contributed by atoms with E-state index in [9.17, 15) is 14.0 Å². The number of hydrogen-bond donors (Lipinski definition) is 1. The molecule has 1 N–H and O–H groups in total. The summed E-state index contributed by atoms with van der Waals surface area (Å²) in [6, 6.07) is 14.5. The van der Waals surface area contributed by atoms with Gasteiger partial charge in [0.05, 0.1) is 12.1 Å². The molecule has 0 radical (unpaired) electrons. The molecule has 0 fully saturated rings. The lowest BCUT2D eigenvalue weighted by Crippen LogP contribution is -2.39. The Morgan fingerprint density at radius 3 is 2.54 bits per heavy atom. The van der Waals surface area contributed by atoms with E-state index >= 15 is 0 Å². The first-order valence-electron chi connectivity index (χ1n) is 7.44. The van der Waals surface area contributed by atoms with Crippen molar-refractivity contribution >= 4 is 16.8 Å². The molecule has 2 aromatic carbocycles. The van der Waals surface area contributed by atoms with Crippen molar-refractivity contribution in [2.24, 2.45) is 0 Å². The van der Waals surface area contributed by atoms with Gasteiger partial charge in [0.25, 0.3) is 0 Å². The molecule has 1 aromatic heterocycles. The Hall–Kier alpha value is -3.15. The number of rotatable bonds is 4. The van der Waals surface area contributed by atoms with Crippen molar-refractivity contribution in [2.75, 3.05) is 5.53 Å². The zero-order valence-corrected chi connectivity index (χ0v) is 13.1. The van der Waals surface area contributed by atoms with E-state index in [4.69, 9.17) is 0 Å². The number of aromatic nitrogens is 1. The van der Waals surface area contributed by atoms with Gasteiger partial charge in [-0.2, -0.15) is 0 Å². The van der Waals surface area contributed by atoms with E-state index in [0.29, 0.717) is 10.9 Å². The predicted octanol–water partition coefficient (Wildman–Crippen LogP) is 2.65. The standard InChI is InChI=1S/C18H16FN3O2/c1-13(23)22(12-14-6-8-15(19)9-7-14)20-21-11-10-18(24)16-4-2-3-5-17(16)21/h2-11,20H,12H2,1H3. The lowest BCUT2D eigenvalue weighted by molar-refractivity contribution is -0.128. The van der Waals surface area contributed by atoms with Gasteiger partial charge in [-0.05, 0) is 29.8 Å². The molecule has 3 rings (SSSR count). The van der Waals surface area contributed by atoms with Crippen LogP contribution in [0.25, 0.3) is 10.9 Å². The van der Waals surface area contributed by atoms with Crippen LogP contribution in [0.15, 0.2) is 65.6 Å². The monoisotopic (exact) mass is 325 g/mol. The number of fused-ring (bicyclic) bond motifs is 1. The van der Waals surface area contributed by atoms with E-state index in [1.54, 1.807) is 41.2 Å². The summed E-state index contributed by atoms with van der Waals surface area (Å²) in [6.07, 6.45) is 1.57. The van der Waals surface area contributed by atoms with Crippen molar-refractivity contribution in [3.63, 3.8) is 0 Å². The van der Waals surface area contributed by atoms with Crippen LogP contribution in [0, 0.1) is 5.82 Å². The van der Waals surface area contributed by atoms with Gasteiger partial charge in [-0.3, -0.25) is 9.59 Å². The summed E-state index contributed by atoms with van der Waals surface area (Å²) in [7, 11) is 0. The average Bonchev–Trinajstić information content (AvgIpc) is 2.58. The van der Waals surface area contributed by atoms with Gasteiger partial charge < -0.3 is 0 Å². The Bertz CT molecular complexity index is 935. The summed E-state index contributed by atoms with van der Waals surface area (Å²) < 4.78 is 14.6. The Labute approximate surface area is 137 Å². The SMILES string of the molecule is CC(=O)N(Cc1ccc(F)cc1)Nn1ccc(=O)c2ccccc21. The van der Waals surface area contributed by atoms with Crippen LogP contribution < -0.4 is 11.0 Å². The maximum absolute atomic E-state index is 13.0. The minimum atomic E-state index is -0.326. The fourth-order valence-corrected chi connectivity index (χ4v) is 2.41. The van der Waals surface area contributed by atoms with E-state index in [1.165, 1.54) is 30.1 Å². The van der Waals surface area contributed by atoms with Crippen molar-refractivity contribution < 1.29 is 9.18 Å². The molecular weight excluding hydrogens is 309 g/mol. The van der Waals surface area contributed by atoms with Gasteiger partial charge in [-0.25, -0.2) is 19.6 Å². The summed E-state index contributed by atoms with van der Waals surface area (Å²) in [5.41, 5.74) is 4.34. The van der Waals surface area contributed by atoms with Crippen LogP contribution >= 0.6 is 0 Å². The van der Waals surface area contributed by atoms with Crippen LogP contribution in [0.4, 0.5) is 4.39 Å². The molecule has 0 atom stereocenters. The van der Waals surface area contributed by atoms with Crippen LogP contribution in [-0.2, 0) is 11.3 Å². The number of benzene rings is 2. The number of hydrazine groups is 1. The number of carbonyl (C=O) groups excluding carboxylic acids is 1. The third-order valence-electron chi connectivity index (χ3n) is 3.67. The summed E-state index contributed by atoms with van der Waals surface area (Å²) in [5.74, 6) is -0.533. The summed E-state index contributed by atoms with van der Waals surface area (Å²) in [5, 5.41) is 1.95. The highest BCUT2D eigenvalue weighted by Gasteiger charge is 2.11. The first-order valence-corrected chi connectivity index (χ1v) is 7.44. The fraction of sp³-hybridized carbons (Fsp3) is 0.111. The maximum atomic E-state index is 13.0. The van der Waals surface area contributed by atoms with Gasteiger partial charge in [-0.15, -0.1) is 0 Å². The molecule has 0 saturated carbocycles. The van der Waals surface area contributed by atoms with E-state index in [0.717, 1.165) is 5.56 Å². The van der Waals surface area contributed by atoms with Gasteiger partial charge >= 0.3 is 0 Å². The molecule has 3 aromatic rings. The predicted molar refractivity (Wildman–Crippen MR) is 90.2 cm³/mol. The normalized spacial score (nSPS) is 10.6. The minimum absolute atomic E-state index is 0.0865. The smallest absolute Gasteiger partial charge is 0.239 e. The van der Waals surface area contributed by atoms with Crippen molar-refractivity contribution in [3.05, 3.63) is 82.4 Å². The third kappa shape index (κ3) is 3.27. The topological polar surface area (TPSA) is 54.3 Å². The van der Waals surface area contributed by atoms with Gasteiger partial charge in [-0.1, -0.05) is 24.3 Å². The summed E-state index contributed by atoms with van der Waals surface area (Å²) >= 11 is 0. The van der Waals surface area contributed by atoms with Crippen molar-refractivity contribution in [2.45, 2.75) is 13.5 Å². The molecule has 6 heteroatoms. The average molecular weight is 325 g/mol. The number of nitrogens with zero attached hydrogens (tertiary/aromatic N) is 2. The molecule has 0 saturated heterocycles. The second-order valence-electron chi connectivity index (χ2n) is 5.40. The van der Waals surface area contributed by atoms with Crippen LogP contribution in [-0.4, -0.2) is 15.6 Å². The molecule has 122 valence electrons. The zero-order valence-electron chi connectivity index (χ0n) is 13.1. The second kappa shape index (κ2) is 6.54. The van der Waals surface area contributed by atoms with Crippen LogP contribution in [0.1, 0.15) is 12.5 Å². The zero-order chi connectivity index (χ0) is 17.1. The highest BCUT2D eigenvalue weighted by Crippen LogP contribution is 2.10. The Balaban J connectivity index is 1.92. The van der Waals surface area contributed by atoms with Crippen LogP contribution in [0.3, 0.4) is 0 Å².